The molecule has 1 aromatic carbocycles. The van der Waals surface area contributed by atoms with Crippen molar-refractivity contribution in [1.29, 1.82) is 0 Å². The number of nitrogens with zero attached hydrogens (tertiary/aromatic N) is 2. The Hall–Kier alpha value is -1.88. The summed E-state index contributed by atoms with van der Waals surface area (Å²) in [7, 11) is 0. The Labute approximate surface area is 115 Å². The van der Waals surface area contributed by atoms with E-state index in [0.29, 0.717) is 12.4 Å². The summed E-state index contributed by atoms with van der Waals surface area (Å²) in [5.41, 5.74) is 2.27. The lowest BCUT2D eigenvalue weighted by Crippen LogP contribution is -1.98. The molecular formula is C14H15N3OS. The molecule has 0 amide bonds. The summed E-state index contributed by atoms with van der Waals surface area (Å²) < 4.78 is 6.75. The van der Waals surface area contributed by atoms with Crippen LogP contribution >= 0.6 is 11.3 Å². The number of hydrogen-bond acceptors (Lipinski definition) is 5. The minimum absolute atomic E-state index is 0.568. The van der Waals surface area contributed by atoms with Crippen LogP contribution in [0.15, 0.2) is 28.8 Å². The first kappa shape index (κ1) is 12.2. The van der Waals surface area contributed by atoms with Gasteiger partial charge in [-0.25, -0.2) is 9.97 Å². The van der Waals surface area contributed by atoms with Crippen molar-refractivity contribution < 1.29 is 4.42 Å². The Kier molecular flexibility index (Phi) is 3.21. The monoisotopic (exact) mass is 273 g/mol. The predicted molar refractivity (Wildman–Crippen MR) is 77.6 cm³/mol. The fourth-order valence-corrected chi connectivity index (χ4v) is 2.85. The van der Waals surface area contributed by atoms with E-state index in [-0.39, 0.29) is 0 Å². The highest BCUT2D eigenvalue weighted by molar-refractivity contribution is 7.22. The highest BCUT2D eigenvalue weighted by Gasteiger charge is 2.07. The summed E-state index contributed by atoms with van der Waals surface area (Å²) in [6, 6.07) is 6.22. The third-order valence-corrected chi connectivity index (χ3v) is 3.94. The zero-order chi connectivity index (χ0) is 13.2. The number of nitrogens with one attached hydrogen (secondary N) is 1. The van der Waals surface area contributed by atoms with Gasteiger partial charge < -0.3 is 9.73 Å². The van der Waals surface area contributed by atoms with Gasteiger partial charge in [-0.2, -0.15) is 0 Å². The fraction of sp³-hybridized carbons (Fsp3) is 0.286. The van der Waals surface area contributed by atoms with Crippen LogP contribution in [0.1, 0.15) is 24.1 Å². The van der Waals surface area contributed by atoms with Crippen LogP contribution in [0.3, 0.4) is 0 Å². The lowest BCUT2D eigenvalue weighted by molar-refractivity contribution is 0.466. The highest BCUT2D eigenvalue weighted by Crippen LogP contribution is 2.28. The van der Waals surface area contributed by atoms with E-state index in [1.54, 1.807) is 17.5 Å². The van der Waals surface area contributed by atoms with Crippen molar-refractivity contribution >= 4 is 26.7 Å². The van der Waals surface area contributed by atoms with Gasteiger partial charge in [0.25, 0.3) is 0 Å². The first-order valence-electron chi connectivity index (χ1n) is 6.30. The summed E-state index contributed by atoms with van der Waals surface area (Å²) in [4.78, 5) is 8.81. The number of fused-ring (bicyclic) bond motifs is 1. The van der Waals surface area contributed by atoms with E-state index >= 15 is 0 Å². The quantitative estimate of drug-likeness (QED) is 0.786. The van der Waals surface area contributed by atoms with Crippen molar-refractivity contribution in [3.8, 4) is 0 Å². The largest absolute Gasteiger partial charge is 0.444 e. The molecule has 2 aromatic heterocycles. The molecule has 0 aliphatic rings. The van der Waals surface area contributed by atoms with Crippen LogP contribution in [-0.2, 0) is 13.0 Å². The van der Waals surface area contributed by atoms with Crippen molar-refractivity contribution in [2.45, 2.75) is 26.8 Å². The van der Waals surface area contributed by atoms with E-state index in [0.717, 1.165) is 22.8 Å². The molecule has 0 aliphatic carbocycles. The lowest BCUT2D eigenvalue weighted by Gasteiger charge is -1.97. The van der Waals surface area contributed by atoms with Crippen molar-refractivity contribution in [3.63, 3.8) is 0 Å². The van der Waals surface area contributed by atoms with Gasteiger partial charge in [0, 0.05) is 6.42 Å². The summed E-state index contributed by atoms with van der Waals surface area (Å²) in [5.74, 6) is 1.62. The smallest absolute Gasteiger partial charge is 0.213 e. The van der Waals surface area contributed by atoms with Gasteiger partial charge in [-0.1, -0.05) is 30.4 Å². The van der Waals surface area contributed by atoms with Crippen molar-refractivity contribution in [2.24, 2.45) is 0 Å². The van der Waals surface area contributed by atoms with Crippen molar-refractivity contribution in [3.05, 3.63) is 41.6 Å². The molecular weight excluding hydrogens is 258 g/mol. The number of thiazole rings is 1. The third kappa shape index (κ3) is 2.46. The van der Waals surface area contributed by atoms with Gasteiger partial charge in [-0.3, -0.25) is 0 Å². The molecule has 2 heterocycles. The maximum Gasteiger partial charge on any atom is 0.213 e. The average molecular weight is 273 g/mol. The van der Waals surface area contributed by atoms with E-state index in [1.165, 1.54) is 10.3 Å². The topological polar surface area (TPSA) is 51.0 Å². The number of aromatic nitrogens is 2. The first-order chi connectivity index (χ1) is 9.26. The van der Waals surface area contributed by atoms with Crippen LogP contribution < -0.4 is 5.32 Å². The van der Waals surface area contributed by atoms with Crippen molar-refractivity contribution in [1.82, 2.24) is 9.97 Å². The normalized spacial score (nSPS) is 11.1. The minimum atomic E-state index is 0.568. The zero-order valence-corrected chi connectivity index (χ0v) is 11.8. The molecule has 0 saturated heterocycles. The Bertz CT molecular complexity index is 702. The summed E-state index contributed by atoms with van der Waals surface area (Å²) in [5, 5.41) is 4.17. The number of oxazole rings is 1. The lowest BCUT2D eigenvalue weighted by atomic mass is 10.2. The maximum absolute atomic E-state index is 5.56. The summed E-state index contributed by atoms with van der Waals surface area (Å²) in [6.07, 6.45) is 2.65. The summed E-state index contributed by atoms with van der Waals surface area (Å²) in [6.45, 7) is 4.69. The zero-order valence-electron chi connectivity index (χ0n) is 10.9. The van der Waals surface area contributed by atoms with Gasteiger partial charge in [0.15, 0.2) is 5.13 Å². The molecule has 0 bridgehead atoms. The van der Waals surface area contributed by atoms with Gasteiger partial charge in [-0.15, -0.1) is 0 Å². The van der Waals surface area contributed by atoms with Gasteiger partial charge in [0.05, 0.1) is 23.0 Å². The average Bonchev–Trinajstić information content (AvgIpc) is 3.03. The molecule has 3 rings (SSSR count). The first-order valence-corrected chi connectivity index (χ1v) is 7.11. The van der Waals surface area contributed by atoms with E-state index in [2.05, 4.69) is 40.4 Å². The predicted octanol–water partition coefficient (Wildman–Crippen LogP) is 3.77. The van der Waals surface area contributed by atoms with Gasteiger partial charge in [0.2, 0.25) is 5.89 Å². The Morgan fingerprint density at radius 2 is 2.26 bits per heavy atom. The third-order valence-electron chi connectivity index (χ3n) is 2.96. The second kappa shape index (κ2) is 5.01. The number of rotatable bonds is 4. The number of para-hydroxylation sites is 1. The van der Waals surface area contributed by atoms with Crippen LogP contribution in [0.25, 0.3) is 10.2 Å². The molecule has 0 atom stereocenters. The SMILES string of the molecule is CCc1cnc(CNc2nc3c(C)cccc3s2)o1. The molecule has 98 valence electrons. The van der Waals surface area contributed by atoms with Crippen LogP contribution in [0.5, 0.6) is 0 Å². The maximum atomic E-state index is 5.56. The van der Waals surface area contributed by atoms with Crippen LogP contribution in [0, 0.1) is 6.92 Å². The van der Waals surface area contributed by atoms with Gasteiger partial charge >= 0.3 is 0 Å². The molecule has 0 aliphatic heterocycles. The standard InChI is InChI=1S/C14H15N3OS/c1-3-10-7-15-12(18-10)8-16-14-17-13-9(2)5-4-6-11(13)19-14/h4-7H,3,8H2,1-2H3,(H,16,17). The molecule has 5 heteroatoms. The molecule has 4 nitrogen and oxygen atoms in total. The molecule has 0 saturated carbocycles. The number of hydrogen-bond donors (Lipinski definition) is 1. The van der Waals surface area contributed by atoms with Crippen LogP contribution in [0.2, 0.25) is 0 Å². The minimum Gasteiger partial charge on any atom is -0.444 e. The molecule has 0 fully saturated rings. The highest BCUT2D eigenvalue weighted by atomic mass is 32.1. The Morgan fingerprint density at radius 3 is 3.00 bits per heavy atom. The number of anilines is 1. The van der Waals surface area contributed by atoms with E-state index in [4.69, 9.17) is 4.42 Å². The van der Waals surface area contributed by atoms with E-state index in [1.807, 2.05) is 6.92 Å². The van der Waals surface area contributed by atoms with Gasteiger partial charge in [-0.05, 0) is 18.6 Å². The van der Waals surface area contributed by atoms with Crippen LogP contribution in [0.4, 0.5) is 5.13 Å². The molecule has 3 aromatic rings. The Morgan fingerprint density at radius 1 is 1.37 bits per heavy atom. The second-order valence-corrected chi connectivity index (χ2v) is 5.40. The molecule has 1 N–H and O–H groups in total. The summed E-state index contributed by atoms with van der Waals surface area (Å²) >= 11 is 1.65. The number of benzene rings is 1. The second-order valence-electron chi connectivity index (χ2n) is 4.37. The molecule has 0 radical (unpaired) electrons. The fourth-order valence-electron chi connectivity index (χ4n) is 1.91. The van der Waals surface area contributed by atoms with Crippen molar-refractivity contribution in [2.75, 3.05) is 5.32 Å². The van der Waals surface area contributed by atoms with Gasteiger partial charge in [0.1, 0.15) is 5.76 Å². The van der Waals surface area contributed by atoms with E-state index in [9.17, 15) is 0 Å². The number of aryl methyl sites for hydroxylation is 2. The Balaban J connectivity index is 1.76. The molecule has 19 heavy (non-hydrogen) atoms. The molecule has 0 unspecified atom stereocenters. The van der Waals surface area contributed by atoms with Crippen LogP contribution in [-0.4, -0.2) is 9.97 Å². The molecule has 0 spiro atoms. The van der Waals surface area contributed by atoms with E-state index < -0.39 is 0 Å².